The average Bonchev–Trinajstić information content (AvgIpc) is 3.19. The van der Waals surface area contributed by atoms with Gasteiger partial charge in [-0.05, 0) is 49.6 Å². The molecular formula is C26H25N3O2S. The molecule has 3 aromatic carbocycles. The minimum absolute atomic E-state index is 0.339. The van der Waals surface area contributed by atoms with E-state index < -0.39 is 15.6 Å². The van der Waals surface area contributed by atoms with Crippen LogP contribution in [0, 0.1) is 6.92 Å². The number of hydrogen-bond acceptors (Lipinski definition) is 3. The van der Waals surface area contributed by atoms with Crippen molar-refractivity contribution in [3.05, 3.63) is 95.2 Å². The summed E-state index contributed by atoms with van der Waals surface area (Å²) in [5.41, 5.74) is 6.15. The summed E-state index contributed by atoms with van der Waals surface area (Å²) < 4.78 is 29.0. The van der Waals surface area contributed by atoms with Gasteiger partial charge >= 0.3 is 0 Å². The second-order valence-electron chi connectivity index (χ2n) is 8.97. The SMILES string of the molecule is Cc1ccc(S(=O)(=O)N2Cc3[nH]c4ccccc4c3C3(CCc4ccccc4N3)C2)cc1. The second kappa shape index (κ2) is 6.95. The van der Waals surface area contributed by atoms with Gasteiger partial charge in [-0.25, -0.2) is 8.42 Å². The predicted molar refractivity (Wildman–Crippen MR) is 127 cm³/mol. The van der Waals surface area contributed by atoms with Crippen LogP contribution in [0.1, 0.15) is 28.8 Å². The van der Waals surface area contributed by atoms with E-state index in [2.05, 4.69) is 46.7 Å². The molecule has 0 saturated heterocycles. The summed E-state index contributed by atoms with van der Waals surface area (Å²) in [6.45, 7) is 2.70. The molecule has 0 bridgehead atoms. The Balaban J connectivity index is 1.52. The molecule has 162 valence electrons. The van der Waals surface area contributed by atoms with Crippen molar-refractivity contribution in [1.29, 1.82) is 0 Å². The number of hydrogen-bond donors (Lipinski definition) is 2. The molecule has 1 unspecified atom stereocenters. The molecule has 2 aliphatic heterocycles. The van der Waals surface area contributed by atoms with Gasteiger partial charge in [0.1, 0.15) is 0 Å². The van der Waals surface area contributed by atoms with Crippen molar-refractivity contribution < 1.29 is 8.42 Å². The first-order valence-corrected chi connectivity index (χ1v) is 12.4. The van der Waals surface area contributed by atoms with Crippen LogP contribution in [0.3, 0.4) is 0 Å². The fraction of sp³-hybridized carbons (Fsp3) is 0.231. The lowest BCUT2D eigenvalue weighted by molar-refractivity contribution is 0.273. The molecule has 3 heterocycles. The molecule has 0 fully saturated rings. The molecule has 1 spiro atoms. The standard InChI is InChI=1S/C26H25N3O2S/c1-18-10-12-20(13-11-18)32(30,31)29-16-24-25(21-7-3-5-9-23(21)27-24)26(17-29)15-14-19-6-2-4-8-22(19)28-26/h2-13,27-28H,14-17H2,1H3. The maximum absolute atomic E-state index is 13.7. The zero-order valence-corrected chi connectivity index (χ0v) is 18.7. The number of aromatic amines is 1. The number of aryl methyl sites for hydroxylation is 2. The number of nitrogens with one attached hydrogen (secondary N) is 2. The number of anilines is 1. The Morgan fingerprint density at radius 2 is 1.69 bits per heavy atom. The Hall–Kier alpha value is -3.09. The van der Waals surface area contributed by atoms with E-state index in [0.29, 0.717) is 18.0 Å². The van der Waals surface area contributed by atoms with Crippen LogP contribution in [0.2, 0.25) is 0 Å². The maximum Gasteiger partial charge on any atom is 0.243 e. The van der Waals surface area contributed by atoms with E-state index in [1.165, 1.54) is 16.5 Å². The average molecular weight is 444 g/mol. The van der Waals surface area contributed by atoms with E-state index in [-0.39, 0.29) is 0 Å². The molecular weight excluding hydrogens is 418 g/mol. The summed E-state index contributed by atoms with van der Waals surface area (Å²) in [5, 5.41) is 4.95. The smallest absolute Gasteiger partial charge is 0.243 e. The number of rotatable bonds is 2. The topological polar surface area (TPSA) is 65.2 Å². The minimum Gasteiger partial charge on any atom is -0.374 e. The number of para-hydroxylation sites is 2. The molecule has 2 N–H and O–H groups in total. The summed E-state index contributed by atoms with van der Waals surface area (Å²) in [4.78, 5) is 3.87. The van der Waals surface area contributed by atoms with E-state index in [1.54, 1.807) is 16.4 Å². The molecule has 1 atom stereocenters. The highest BCUT2D eigenvalue weighted by Gasteiger charge is 2.47. The lowest BCUT2D eigenvalue weighted by atomic mass is 9.77. The fourth-order valence-electron chi connectivity index (χ4n) is 5.34. The largest absolute Gasteiger partial charge is 0.374 e. The molecule has 0 amide bonds. The fourth-order valence-corrected chi connectivity index (χ4v) is 6.81. The zero-order valence-electron chi connectivity index (χ0n) is 17.9. The van der Waals surface area contributed by atoms with Crippen molar-refractivity contribution in [1.82, 2.24) is 9.29 Å². The molecule has 6 rings (SSSR count). The van der Waals surface area contributed by atoms with Gasteiger partial charge < -0.3 is 10.3 Å². The van der Waals surface area contributed by atoms with Crippen molar-refractivity contribution >= 4 is 26.6 Å². The van der Waals surface area contributed by atoms with Gasteiger partial charge in [0.05, 0.1) is 17.0 Å². The van der Waals surface area contributed by atoms with Crippen LogP contribution in [-0.2, 0) is 28.5 Å². The van der Waals surface area contributed by atoms with E-state index in [0.717, 1.165) is 35.3 Å². The second-order valence-corrected chi connectivity index (χ2v) is 10.9. The molecule has 4 aromatic rings. The molecule has 1 aromatic heterocycles. The predicted octanol–water partition coefficient (Wildman–Crippen LogP) is 4.93. The molecule has 6 heteroatoms. The lowest BCUT2D eigenvalue weighted by Gasteiger charge is -2.46. The van der Waals surface area contributed by atoms with Gasteiger partial charge in [0.25, 0.3) is 0 Å². The Labute approximate surface area is 188 Å². The van der Waals surface area contributed by atoms with Crippen molar-refractivity contribution in [2.24, 2.45) is 0 Å². The van der Waals surface area contributed by atoms with Gasteiger partial charge in [0.15, 0.2) is 0 Å². The number of nitrogens with zero attached hydrogens (tertiary/aromatic N) is 1. The van der Waals surface area contributed by atoms with Crippen molar-refractivity contribution in [2.45, 2.75) is 36.7 Å². The van der Waals surface area contributed by atoms with Crippen molar-refractivity contribution in [3.8, 4) is 0 Å². The van der Waals surface area contributed by atoms with E-state index in [9.17, 15) is 8.42 Å². The first kappa shape index (κ1) is 19.6. The highest BCUT2D eigenvalue weighted by Crippen LogP contribution is 2.46. The van der Waals surface area contributed by atoms with E-state index in [4.69, 9.17) is 0 Å². The summed E-state index contributed by atoms with van der Waals surface area (Å²) in [6, 6.07) is 23.7. The third-order valence-electron chi connectivity index (χ3n) is 6.91. The van der Waals surface area contributed by atoms with Gasteiger partial charge in [-0.1, -0.05) is 54.1 Å². The summed E-state index contributed by atoms with van der Waals surface area (Å²) in [7, 11) is -3.64. The Morgan fingerprint density at radius 3 is 2.53 bits per heavy atom. The quantitative estimate of drug-likeness (QED) is 0.461. The molecule has 0 saturated carbocycles. The molecule has 5 nitrogen and oxygen atoms in total. The Morgan fingerprint density at radius 1 is 0.938 bits per heavy atom. The molecule has 0 aliphatic carbocycles. The van der Waals surface area contributed by atoms with Crippen LogP contribution in [0.15, 0.2) is 77.7 Å². The van der Waals surface area contributed by atoms with Gasteiger partial charge in [-0.2, -0.15) is 4.31 Å². The van der Waals surface area contributed by atoms with Gasteiger partial charge in [-0.15, -0.1) is 0 Å². The highest BCUT2D eigenvalue weighted by molar-refractivity contribution is 7.89. The van der Waals surface area contributed by atoms with Crippen LogP contribution >= 0.6 is 0 Å². The van der Waals surface area contributed by atoms with E-state index in [1.807, 2.05) is 31.2 Å². The Kier molecular flexibility index (Phi) is 4.26. The summed E-state index contributed by atoms with van der Waals surface area (Å²) >= 11 is 0. The van der Waals surface area contributed by atoms with Crippen LogP contribution in [0.5, 0.6) is 0 Å². The molecule has 32 heavy (non-hydrogen) atoms. The van der Waals surface area contributed by atoms with Gasteiger partial charge in [0, 0.05) is 34.4 Å². The normalized spacial score (nSPS) is 20.7. The number of benzene rings is 3. The number of fused-ring (bicyclic) bond motifs is 5. The number of sulfonamides is 1. The zero-order chi connectivity index (χ0) is 21.9. The van der Waals surface area contributed by atoms with Gasteiger partial charge in [-0.3, -0.25) is 0 Å². The van der Waals surface area contributed by atoms with Crippen LogP contribution in [-0.4, -0.2) is 24.3 Å². The summed E-state index contributed by atoms with van der Waals surface area (Å²) in [6.07, 6.45) is 1.74. The van der Waals surface area contributed by atoms with E-state index >= 15 is 0 Å². The minimum atomic E-state index is -3.64. The number of aromatic nitrogens is 1. The van der Waals surface area contributed by atoms with Crippen LogP contribution in [0.25, 0.3) is 10.9 Å². The third-order valence-corrected chi connectivity index (χ3v) is 8.72. The monoisotopic (exact) mass is 443 g/mol. The van der Waals surface area contributed by atoms with Crippen molar-refractivity contribution in [2.75, 3.05) is 11.9 Å². The Bertz CT molecular complexity index is 1440. The highest BCUT2D eigenvalue weighted by atomic mass is 32.2. The first-order chi connectivity index (χ1) is 15.5. The third kappa shape index (κ3) is 2.90. The van der Waals surface area contributed by atoms with Crippen molar-refractivity contribution in [3.63, 3.8) is 0 Å². The van der Waals surface area contributed by atoms with Crippen LogP contribution < -0.4 is 5.32 Å². The first-order valence-electron chi connectivity index (χ1n) is 11.0. The summed E-state index contributed by atoms with van der Waals surface area (Å²) in [5.74, 6) is 0. The van der Waals surface area contributed by atoms with Gasteiger partial charge in [0.2, 0.25) is 10.0 Å². The molecule has 0 radical (unpaired) electrons. The van der Waals surface area contributed by atoms with Crippen LogP contribution in [0.4, 0.5) is 5.69 Å². The maximum atomic E-state index is 13.7. The molecule has 2 aliphatic rings. The number of H-pyrrole nitrogens is 1. The lowest BCUT2D eigenvalue weighted by Crippen LogP contribution is -2.53.